The monoisotopic (exact) mass is 424 g/mol. The van der Waals surface area contributed by atoms with Crippen LogP contribution in [0.25, 0.3) is 0 Å². The van der Waals surface area contributed by atoms with E-state index in [-0.39, 0.29) is 35.8 Å². The summed E-state index contributed by atoms with van der Waals surface area (Å²) < 4.78 is 0. The minimum Gasteiger partial charge on any atom is -0.357 e. The van der Waals surface area contributed by atoms with Crippen LogP contribution in [0.2, 0.25) is 0 Å². The SMILES string of the molecule is CCCCN=C(NCC)NCCNC(=O)C1CCCCC1.I. The van der Waals surface area contributed by atoms with E-state index in [1.54, 1.807) is 0 Å². The summed E-state index contributed by atoms with van der Waals surface area (Å²) in [5.74, 6) is 1.31. The molecule has 0 unspecified atom stereocenters. The Hall–Kier alpha value is -0.530. The van der Waals surface area contributed by atoms with Crippen LogP contribution in [0.4, 0.5) is 0 Å². The number of carbonyl (C=O) groups excluding carboxylic acids is 1. The first-order valence-corrected chi connectivity index (χ1v) is 8.57. The fourth-order valence-electron chi connectivity index (χ4n) is 2.57. The van der Waals surface area contributed by atoms with Crippen LogP contribution in [-0.2, 0) is 4.79 Å². The zero-order chi connectivity index (χ0) is 15.3. The first kappa shape index (κ1) is 21.5. The maximum absolute atomic E-state index is 12.0. The normalized spacial score (nSPS) is 15.8. The van der Waals surface area contributed by atoms with Crippen LogP contribution in [0.1, 0.15) is 58.8 Å². The number of aliphatic imine (C=N–C) groups is 1. The molecule has 0 saturated heterocycles. The van der Waals surface area contributed by atoms with Gasteiger partial charge in [-0.25, -0.2) is 0 Å². The van der Waals surface area contributed by atoms with Crippen LogP contribution in [0.3, 0.4) is 0 Å². The van der Waals surface area contributed by atoms with Gasteiger partial charge in [-0.1, -0.05) is 32.6 Å². The molecule has 1 aliphatic rings. The number of nitrogens with one attached hydrogen (secondary N) is 3. The molecule has 3 N–H and O–H groups in total. The van der Waals surface area contributed by atoms with Gasteiger partial charge in [0.2, 0.25) is 5.91 Å². The number of halogens is 1. The summed E-state index contributed by atoms with van der Waals surface area (Å²) in [7, 11) is 0. The average Bonchev–Trinajstić information content (AvgIpc) is 2.52. The second-order valence-electron chi connectivity index (χ2n) is 5.67. The number of unbranched alkanes of at least 4 members (excludes halogenated alkanes) is 1. The van der Waals surface area contributed by atoms with Gasteiger partial charge in [-0.05, 0) is 26.2 Å². The molecule has 0 aromatic heterocycles. The smallest absolute Gasteiger partial charge is 0.223 e. The maximum Gasteiger partial charge on any atom is 0.223 e. The van der Waals surface area contributed by atoms with E-state index >= 15 is 0 Å². The van der Waals surface area contributed by atoms with Crippen molar-refractivity contribution in [2.24, 2.45) is 10.9 Å². The van der Waals surface area contributed by atoms with E-state index in [1.807, 2.05) is 0 Å². The van der Waals surface area contributed by atoms with Gasteiger partial charge in [0.25, 0.3) is 0 Å². The molecule has 6 heteroatoms. The quantitative estimate of drug-likeness (QED) is 0.243. The maximum atomic E-state index is 12.0. The number of nitrogens with zero attached hydrogens (tertiary/aromatic N) is 1. The van der Waals surface area contributed by atoms with Crippen molar-refractivity contribution in [1.82, 2.24) is 16.0 Å². The molecule has 0 bridgehead atoms. The topological polar surface area (TPSA) is 65.5 Å². The van der Waals surface area contributed by atoms with Crippen LogP contribution >= 0.6 is 24.0 Å². The van der Waals surface area contributed by atoms with E-state index in [4.69, 9.17) is 0 Å². The van der Waals surface area contributed by atoms with Gasteiger partial charge < -0.3 is 16.0 Å². The standard InChI is InChI=1S/C16H32N4O.HI/c1-3-5-11-19-16(17-4-2)20-13-12-18-15(21)14-9-7-6-8-10-14;/h14H,3-13H2,1-2H3,(H,18,21)(H2,17,19,20);1H. The molecule has 1 fully saturated rings. The molecule has 0 aromatic carbocycles. The van der Waals surface area contributed by atoms with Crippen molar-refractivity contribution >= 4 is 35.8 Å². The Bertz CT molecular complexity index is 317. The van der Waals surface area contributed by atoms with Gasteiger partial charge in [-0.2, -0.15) is 0 Å². The van der Waals surface area contributed by atoms with E-state index in [0.29, 0.717) is 6.54 Å². The van der Waals surface area contributed by atoms with E-state index in [9.17, 15) is 4.79 Å². The van der Waals surface area contributed by atoms with Crippen LogP contribution in [0, 0.1) is 5.92 Å². The fourth-order valence-corrected chi connectivity index (χ4v) is 2.57. The highest BCUT2D eigenvalue weighted by atomic mass is 127. The van der Waals surface area contributed by atoms with E-state index in [0.717, 1.165) is 51.3 Å². The predicted octanol–water partition coefficient (Wildman–Crippen LogP) is 2.66. The van der Waals surface area contributed by atoms with Crippen LogP contribution < -0.4 is 16.0 Å². The van der Waals surface area contributed by atoms with Gasteiger partial charge >= 0.3 is 0 Å². The first-order valence-electron chi connectivity index (χ1n) is 8.57. The van der Waals surface area contributed by atoms with Crippen molar-refractivity contribution in [3.05, 3.63) is 0 Å². The van der Waals surface area contributed by atoms with Gasteiger partial charge in [-0.3, -0.25) is 9.79 Å². The number of guanidine groups is 1. The summed E-state index contributed by atoms with van der Waals surface area (Å²) in [6.07, 6.45) is 8.05. The Balaban J connectivity index is 0.00000441. The zero-order valence-corrected chi connectivity index (χ0v) is 16.4. The van der Waals surface area contributed by atoms with Gasteiger partial charge in [0, 0.05) is 32.1 Å². The molecular formula is C16H33IN4O. The summed E-state index contributed by atoms with van der Waals surface area (Å²) in [5.41, 5.74) is 0. The highest BCUT2D eigenvalue weighted by molar-refractivity contribution is 14.0. The zero-order valence-electron chi connectivity index (χ0n) is 14.1. The molecule has 22 heavy (non-hydrogen) atoms. The molecule has 0 spiro atoms. The predicted molar refractivity (Wildman–Crippen MR) is 104 cm³/mol. The van der Waals surface area contributed by atoms with Gasteiger partial charge in [0.1, 0.15) is 0 Å². The molecule has 0 aromatic rings. The van der Waals surface area contributed by atoms with Crippen LogP contribution in [0.15, 0.2) is 4.99 Å². The lowest BCUT2D eigenvalue weighted by molar-refractivity contribution is -0.125. The minimum absolute atomic E-state index is 0. The lowest BCUT2D eigenvalue weighted by Crippen LogP contribution is -2.42. The Labute approximate surface area is 152 Å². The molecule has 1 rings (SSSR count). The number of rotatable bonds is 8. The Morgan fingerprint density at radius 1 is 1.05 bits per heavy atom. The molecule has 0 heterocycles. The number of carbonyl (C=O) groups is 1. The third-order valence-electron chi connectivity index (χ3n) is 3.82. The summed E-state index contributed by atoms with van der Waals surface area (Å²) in [4.78, 5) is 16.5. The fraction of sp³-hybridized carbons (Fsp3) is 0.875. The minimum atomic E-state index is 0. The van der Waals surface area contributed by atoms with Crippen molar-refractivity contribution in [1.29, 1.82) is 0 Å². The van der Waals surface area contributed by atoms with Crippen molar-refractivity contribution in [3.8, 4) is 0 Å². The summed E-state index contributed by atoms with van der Waals surface area (Å²) >= 11 is 0. The van der Waals surface area contributed by atoms with Crippen LogP contribution in [-0.4, -0.2) is 38.0 Å². The third-order valence-corrected chi connectivity index (χ3v) is 3.82. The summed E-state index contributed by atoms with van der Waals surface area (Å²) in [6.45, 7) is 7.30. The van der Waals surface area contributed by atoms with Crippen molar-refractivity contribution in [2.75, 3.05) is 26.2 Å². The van der Waals surface area contributed by atoms with Crippen molar-refractivity contribution in [2.45, 2.75) is 58.8 Å². The van der Waals surface area contributed by atoms with Gasteiger partial charge in [-0.15, -0.1) is 24.0 Å². The van der Waals surface area contributed by atoms with Gasteiger partial charge in [0.05, 0.1) is 0 Å². The largest absolute Gasteiger partial charge is 0.357 e. The number of hydrogen-bond donors (Lipinski definition) is 3. The molecule has 1 amide bonds. The average molecular weight is 424 g/mol. The summed E-state index contributed by atoms with van der Waals surface area (Å²) in [5, 5.41) is 9.51. The van der Waals surface area contributed by atoms with Gasteiger partial charge in [0.15, 0.2) is 5.96 Å². The van der Waals surface area contributed by atoms with Crippen LogP contribution in [0.5, 0.6) is 0 Å². The first-order chi connectivity index (χ1) is 10.3. The van der Waals surface area contributed by atoms with E-state index in [2.05, 4.69) is 34.8 Å². The highest BCUT2D eigenvalue weighted by Crippen LogP contribution is 2.23. The molecular weight excluding hydrogens is 391 g/mol. The number of hydrogen-bond acceptors (Lipinski definition) is 2. The number of amides is 1. The lowest BCUT2D eigenvalue weighted by Gasteiger charge is -2.21. The Morgan fingerprint density at radius 3 is 2.36 bits per heavy atom. The molecule has 1 aliphatic carbocycles. The molecule has 0 atom stereocenters. The van der Waals surface area contributed by atoms with E-state index in [1.165, 1.54) is 19.3 Å². The molecule has 5 nitrogen and oxygen atoms in total. The highest BCUT2D eigenvalue weighted by Gasteiger charge is 2.20. The van der Waals surface area contributed by atoms with Crippen molar-refractivity contribution < 1.29 is 4.79 Å². The molecule has 0 aliphatic heterocycles. The second-order valence-corrected chi connectivity index (χ2v) is 5.67. The third kappa shape index (κ3) is 9.48. The summed E-state index contributed by atoms with van der Waals surface area (Å²) in [6, 6.07) is 0. The molecule has 0 radical (unpaired) electrons. The Kier molecular flexibility index (Phi) is 13.7. The van der Waals surface area contributed by atoms with E-state index < -0.39 is 0 Å². The second kappa shape index (κ2) is 14.1. The lowest BCUT2D eigenvalue weighted by atomic mass is 9.89. The molecule has 1 saturated carbocycles. The van der Waals surface area contributed by atoms with Crippen molar-refractivity contribution in [3.63, 3.8) is 0 Å². The Morgan fingerprint density at radius 2 is 1.73 bits per heavy atom. The molecule has 130 valence electrons.